The van der Waals surface area contributed by atoms with Crippen molar-refractivity contribution in [2.24, 2.45) is 29.6 Å². The lowest BCUT2D eigenvalue weighted by Crippen LogP contribution is -2.50. The third-order valence-electron chi connectivity index (χ3n) is 8.45. The summed E-state index contributed by atoms with van der Waals surface area (Å²) in [5.74, 6) is 1.70. The van der Waals surface area contributed by atoms with Crippen molar-refractivity contribution < 1.29 is 23.7 Å². The van der Waals surface area contributed by atoms with Gasteiger partial charge < -0.3 is 18.9 Å². The molecule has 0 radical (unpaired) electrons. The highest BCUT2D eigenvalue weighted by Gasteiger charge is 2.74. The molecule has 140 valence electrons. The highest BCUT2D eigenvalue weighted by Crippen LogP contribution is 2.65. The minimum Gasteiger partial charge on any atom is -0.462 e. The van der Waals surface area contributed by atoms with Crippen LogP contribution >= 0.6 is 0 Å². The molecular formula is C21H26O5. The van der Waals surface area contributed by atoms with E-state index in [1.165, 1.54) is 19.3 Å². The molecule has 5 heteroatoms. The Hall–Kier alpha value is -0.910. The summed E-state index contributed by atoms with van der Waals surface area (Å²) in [5, 5.41) is 0. The zero-order chi connectivity index (χ0) is 17.0. The van der Waals surface area contributed by atoms with Crippen LogP contribution in [0.2, 0.25) is 0 Å². The fraction of sp³-hybridized carbons (Fsp3) is 0.857. The molecule has 7 aliphatic rings. The van der Waals surface area contributed by atoms with Crippen LogP contribution in [0.4, 0.5) is 0 Å². The summed E-state index contributed by atoms with van der Waals surface area (Å²) in [7, 11) is 0. The Balaban J connectivity index is 1.12. The Morgan fingerprint density at radius 3 is 2.31 bits per heavy atom. The van der Waals surface area contributed by atoms with E-state index in [9.17, 15) is 4.79 Å². The quantitative estimate of drug-likeness (QED) is 0.560. The van der Waals surface area contributed by atoms with Gasteiger partial charge in [-0.05, 0) is 32.1 Å². The molecule has 1 saturated carbocycles. The Morgan fingerprint density at radius 2 is 1.54 bits per heavy atom. The van der Waals surface area contributed by atoms with Gasteiger partial charge >= 0.3 is 5.97 Å². The normalized spacial score (nSPS) is 58.4. The van der Waals surface area contributed by atoms with Gasteiger partial charge in [0.05, 0.1) is 42.5 Å². The molecular weight excluding hydrogens is 332 g/mol. The summed E-state index contributed by atoms with van der Waals surface area (Å²) in [4.78, 5) is 12.9. The lowest BCUT2D eigenvalue weighted by atomic mass is 9.59. The Labute approximate surface area is 153 Å². The lowest BCUT2D eigenvalue weighted by molar-refractivity contribution is -0.158. The molecule has 0 amide bonds. The molecule has 11 atom stereocenters. The Bertz CT molecular complexity index is 669. The predicted octanol–water partition coefficient (Wildman–Crippen LogP) is 2.23. The van der Waals surface area contributed by atoms with Crippen molar-refractivity contribution in [1.29, 1.82) is 0 Å². The van der Waals surface area contributed by atoms with Crippen molar-refractivity contribution in [3.63, 3.8) is 0 Å². The van der Waals surface area contributed by atoms with E-state index in [1.807, 2.05) is 0 Å². The molecule has 6 heterocycles. The second kappa shape index (κ2) is 5.12. The van der Waals surface area contributed by atoms with E-state index in [0.717, 1.165) is 19.3 Å². The molecule has 0 aromatic heterocycles. The van der Waals surface area contributed by atoms with Crippen LogP contribution in [0.1, 0.15) is 38.5 Å². The minimum atomic E-state index is -0.0837. The first-order valence-corrected chi connectivity index (χ1v) is 10.6. The Morgan fingerprint density at radius 1 is 0.808 bits per heavy atom. The smallest absolute Gasteiger partial charge is 0.311 e. The minimum absolute atomic E-state index is 0.000136. The summed E-state index contributed by atoms with van der Waals surface area (Å²) in [6.45, 7) is 0. The third kappa shape index (κ3) is 1.76. The zero-order valence-electron chi connectivity index (χ0n) is 14.9. The molecule has 0 aromatic carbocycles. The number of rotatable bonds is 2. The monoisotopic (exact) mass is 358 g/mol. The van der Waals surface area contributed by atoms with Crippen LogP contribution < -0.4 is 0 Å². The van der Waals surface area contributed by atoms with Gasteiger partial charge in [0.15, 0.2) is 0 Å². The third-order valence-corrected chi connectivity index (χ3v) is 8.45. The van der Waals surface area contributed by atoms with Crippen LogP contribution in [0.15, 0.2) is 12.2 Å². The van der Waals surface area contributed by atoms with Crippen LogP contribution in [-0.2, 0) is 23.7 Å². The van der Waals surface area contributed by atoms with Gasteiger partial charge in [0.1, 0.15) is 6.10 Å². The maximum absolute atomic E-state index is 12.9. The van der Waals surface area contributed by atoms with E-state index < -0.39 is 0 Å². The second-order valence-electron chi connectivity index (χ2n) is 9.50. The van der Waals surface area contributed by atoms with Crippen molar-refractivity contribution in [3.05, 3.63) is 12.2 Å². The van der Waals surface area contributed by atoms with E-state index in [-0.39, 0.29) is 54.6 Å². The Kier molecular flexibility index (Phi) is 2.97. The molecule has 0 spiro atoms. The molecule has 7 rings (SSSR count). The highest BCUT2D eigenvalue weighted by atomic mass is 16.6. The van der Waals surface area contributed by atoms with Gasteiger partial charge in [-0.3, -0.25) is 4.79 Å². The first-order chi connectivity index (χ1) is 12.8. The standard InChI is InChI=1S/C21H26O5/c22-21(23-9-4-2-1-3-5-9)10-8-13-16-17(18(10)25-13)20-15-12-7-6-11(24-12)14(15)19(16)26-20/h6-7,9-20H,1-5,8H2. The van der Waals surface area contributed by atoms with E-state index in [4.69, 9.17) is 18.9 Å². The first kappa shape index (κ1) is 15.1. The summed E-state index contributed by atoms with van der Waals surface area (Å²) in [5.41, 5.74) is 0. The van der Waals surface area contributed by atoms with Crippen molar-refractivity contribution in [2.45, 2.75) is 81.3 Å². The molecule has 11 unspecified atom stereocenters. The first-order valence-electron chi connectivity index (χ1n) is 10.6. The van der Waals surface area contributed by atoms with Crippen molar-refractivity contribution in [3.8, 4) is 0 Å². The molecule has 5 nitrogen and oxygen atoms in total. The average Bonchev–Trinajstić information content (AvgIpc) is 3.48. The van der Waals surface area contributed by atoms with Gasteiger partial charge in [0, 0.05) is 23.7 Å². The fourth-order valence-electron chi connectivity index (χ4n) is 7.55. The van der Waals surface area contributed by atoms with Crippen molar-refractivity contribution in [1.82, 2.24) is 0 Å². The molecule has 6 fully saturated rings. The second-order valence-corrected chi connectivity index (χ2v) is 9.50. The van der Waals surface area contributed by atoms with Crippen LogP contribution in [0.25, 0.3) is 0 Å². The van der Waals surface area contributed by atoms with Crippen molar-refractivity contribution >= 4 is 5.97 Å². The van der Waals surface area contributed by atoms with Crippen LogP contribution in [0.5, 0.6) is 0 Å². The molecule has 1 aliphatic carbocycles. The number of carbonyl (C=O) groups is 1. The maximum atomic E-state index is 12.9. The number of fused-ring (bicyclic) bond motifs is 16. The number of ether oxygens (including phenoxy) is 4. The molecule has 6 bridgehead atoms. The molecule has 5 saturated heterocycles. The van der Waals surface area contributed by atoms with E-state index in [1.54, 1.807) is 0 Å². The van der Waals surface area contributed by atoms with Crippen LogP contribution in [-0.4, -0.2) is 48.7 Å². The summed E-state index contributed by atoms with van der Waals surface area (Å²) in [6.07, 6.45) is 12.2. The van der Waals surface area contributed by atoms with Gasteiger partial charge in [0.2, 0.25) is 0 Å². The number of carbonyl (C=O) groups excluding carboxylic acids is 1. The number of hydrogen-bond donors (Lipinski definition) is 0. The van der Waals surface area contributed by atoms with Gasteiger partial charge in [-0.25, -0.2) is 0 Å². The largest absolute Gasteiger partial charge is 0.462 e. The van der Waals surface area contributed by atoms with E-state index in [2.05, 4.69) is 12.2 Å². The van der Waals surface area contributed by atoms with Crippen molar-refractivity contribution in [2.75, 3.05) is 0 Å². The summed E-state index contributed by atoms with van der Waals surface area (Å²) < 4.78 is 24.9. The van der Waals surface area contributed by atoms with Gasteiger partial charge in [-0.2, -0.15) is 0 Å². The van der Waals surface area contributed by atoms with Crippen LogP contribution in [0.3, 0.4) is 0 Å². The fourth-order valence-corrected chi connectivity index (χ4v) is 7.55. The predicted molar refractivity (Wildman–Crippen MR) is 90.2 cm³/mol. The highest BCUT2D eigenvalue weighted by molar-refractivity contribution is 5.74. The van der Waals surface area contributed by atoms with Gasteiger partial charge in [-0.15, -0.1) is 0 Å². The maximum Gasteiger partial charge on any atom is 0.311 e. The van der Waals surface area contributed by atoms with Gasteiger partial charge in [-0.1, -0.05) is 18.6 Å². The molecule has 0 N–H and O–H groups in total. The lowest BCUT2D eigenvalue weighted by Gasteiger charge is -2.39. The van der Waals surface area contributed by atoms with E-state index >= 15 is 0 Å². The molecule has 0 aromatic rings. The molecule has 6 aliphatic heterocycles. The zero-order valence-corrected chi connectivity index (χ0v) is 14.9. The van der Waals surface area contributed by atoms with Crippen LogP contribution in [0, 0.1) is 29.6 Å². The van der Waals surface area contributed by atoms with E-state index in [0.29, 0.717) is 23.7 Å². The topological polar surface area (TPSA) is 54.0 Å². The number of esters is 1. The SMILES string of the molecule is O=C(OC1CCCCC1)C1CC2OC1C1C3OC(C4C5C=CC(O5)C34)C21. The van der Waals surface area contributed by atoms with Gasteiger partial charge in [0.25, 0.3) is 0 Å². The number of hydrogen-bond acceptors (Lipinski definition) is 5. The molecule has 26 heavy (non-hydrogen) atoms. The summed E-state index contributed by atoms with van der Waals surface area (Å²) >= 11 is 0. The average molecular weight is 358 g/mol. The summed E-state index contributed by atoms with van der Waals surface area (Å²) in [6, 6.07) is 0.